The number of likely N-dealkylation sites (tertiary alicyclic amines) is 1. The van der Waals surface area contributed by atoms with E-state index in [-0.39, 0.29) is 37.0 Å². The van der Waals surface area contributed by atoms with Crippen LogP contribution in [0.1, 0.15) is 52.7 Å². The molecule has 188 valence electrons. The minimum Gasteiger partial charge on any atom is -0.445 e. The van der Waals surface area contributed by atoms with Crippen LogP contribution in [0.25, 0.3) is 0 Å². The molecule has 1 unspecified atom stereocenters. The number of hydrogen-bond donors (Lipinski definition) is 2. The van der Waals surface area contributed by atoms with Gasteiger partial charge in [-0.3, -0.25) is 19.7 Å². The van der Waals surface area contributed by atoms with Crippen molar-refractivity contribution in [3.05, 3.63) is 70.8 Å². The molecule has 2 aromatic carbocycles. The van der Waals surface area contributed by atoms with Crippen LogP contribution in [0.15, 0.2) is 48.5 Å². The third kappa shape index (κ3) is 5.26. The zero-order valence-corrected chi connectivity index (χ0v) is 20.1. The van der Waals surface area contributed by atoms with Gasteiger partial charge in [0.1, 0.15) is 12.6 Å². The molecule has 3 heterocycles. The molecule has 0 aliphatic carbocycles. The molecule has 0 bridgehead atoms. The Morgan fingerprint density at radius 1 is 1.00 bits per heavy atom. The zero-order chi connectivity index (χ0) is 25.1. The Kier molecular flexibility index (Phi) is 6.99. The Morgan fingerprint density at radius 3 is 2.53 bits per heavy atom. The number of amides is 4. The first-order chi connectivity index (χ1) is 17.5. The molecule has 2 fully saturated rings. The topological polar surface area (TPSA) is 108 Å². The van der Waals surface area contributed by atoms with Crippen molar-refractivity contribution in [3.8, 4) is 0 Å². The van der Waals surface area contributed by atoms with E-state index in [9.17, 15) is 19.2 Å². The average molecular weight is 491 g/mol. The van der Waals surface area contributed by atoms with Gasteiger partial charge in [-0.1, -0.05) is 42.5 Å². The summed E-state index contributed by atoms with van der Waals surface area (Å²) in [6, 6.07) is 15.1. The van der Waals surface area contributed by atoms with Crippen molar-refractivity contribution >= 4 is 23.8 Å². The first kappa shape index (κ1) is 24.0. The molecule has 5 rings (SSSR count). The lowest BCUT2D eigenvalue weighted by atomic mass is 10.0. The van der Waals surface area contributed by atoms with Crippen molar-refractivity contribution in [2.75, 3.05) is 13.1 Å². The molecule has 0 radical (unpaired) electrons. The fraction of sp³-hybridized carbons (Fsp3) is 0.407. The predicted octanol–water partition coefficient (Wildman–Crippen LogP) is 2.34. The van der Waals surface area contributed by atoms with E-state index >= 15 is 0 Å². The lowest BCUT2D eigenvalue weighted by Gasteiger charge is -2.32. The van der Waals surface area contributed by atoms with Gasteiger partial charge in [0.05, 0.1) is 0 Å². The van der Waals surface area contributed by atoms with Crippen LogP contribution in [0, 0.1) is 0 Å². The van der Waals surface area contributed by atoms with Crippen molar-refractivity contribution in [1.82, 2.24) is 20.4 Å². The maximum absolute atomic E-state index is 12.9. The molecule has 0 saturated carbocycles. The number of nitrogens with one attached hydrogen (secondary N) is 2. The van der Waals surface area contributed by atoms with Gasteiger partial charge in [0, 0.05) is 44.2 Å². The minimum atomic E-state index is -0.603. The number of ether oxygens (including phenoxy) is 1. The third-order valence-corrected chi connectivity index (χ3v) is 7.14. The second-order valence-electron chi connectivity index (χ2n) is 9.57. The van der Waals surface area contributed by atoms with Crippen LogP contribution >= 0.6 is 0 Å². The van der Waals surface area contributed by atoms with Crippen LogP contribution in [0.3, 0.4) is 0 Å². The predicted molar refractivity (Wildman–Crippen MR) is 131 cm³/mol. The summed E-state index contributed by atoms with van der Waals surface area (Å²) in [6.45, 7) is 2.59. The van der Waals surface area contributed by atoms with Crippen molar-refractivity contribution in [1.29, 1.82) is 0 Å². The monoisotopic (exact) mass is 490 g/mol. The van der Waals surface area contributed by atoms with E-state index < -0.39 is 11.9 Å². The second kappa shape index (κ2) is 10.5. The summed E-state index contributed by atoms with van der Waals surface area (Å²) in [7, 11) is 0. The molecule has 9 nitrogen and oxygen atoms in total. The average Bonchev–Trinajstić information content (AvgIpc) is 3.22. The summed E-state index contributed by atoms with van der Waals surface area (Å²) in [5.41, 5.74) is 3.56. The van der Waals surface area contributed by atoms with Gasteiger partial charge in [0.15, 0.2) is 0 Å². The highest BCUT2D eigenvalue weighted by Crippen LogP contribution is 2.28. The Morgan fingerprint density at radius 2 is 1.78 bits per heavy atom. The van der Waals surface area contributed by atoms with E-state index in [2.05, 4.69) is 10.6 Å². The van der Waals surface area contributed by atoms with Crippen LogP contribution in [0.4, 0.5) is 4.79 Å². The molecule has 2 N–H and O–H groups in total. The molecule has 3 aliphatic rings. The van der Waals surface area contributed by atoms with Crippen molar-refractivity contribution in [2.45, 2.75) is 57.5 Å². The SMILES string of the molecule is O=C1CCC(N2Cc3cc(CNC4CCN(C(=O)OCc5ccccc5)CC4)ccc3C2=O)C(=O)N1. The van der Waals surface area contributed by atoms with Gasteiger partial charge in [0.25, 0.3) is 5.91 Å². The quantitative estimate of drug-likeness (QED) is 0.602. The van der Waals surface area contributed by atoms with Gasteiger partial charge in [-0.05, 0) is 42.0 Å². The van der Waals surface area contributed by atoms with Crippen LogP contribution in [0.2, 0.25) is 0 Å². The minimum absolute atomic E-state index is 0.162. The largest absolute Gasteiger partial charge is 0.445 e. The van der Waals surface area contributed by atoms with Crippen LogP contribution < -0.4 is 10.6 Å². The fourth-order valence-corrected chi connectivity index (χ4v) is 5.08. The number of hydrogen-bond acceptors (Lipinski definition) is 6. The molecule has 3 aliphatic heterocycles. The van der Waals surface area contributed by atoms with Crippen molar-refractivity contribution in [2.24, 2.45) is 0 Å². The first-order valence-electron chi connectivity index (χ1n) is 12.4. The second-order valence-corrected chi connectivity index (χ2v) is 9.57. The molecule has 0 aromatic heterocycles. The Bertz CT molecular complexity index is 1160. The van der Waals surface area contributed by atoms with E-state index in [1.807, 2.05) is 48.5 Å². The number of fused-ring (bicyclic) bond motifs is 1. The molecule has 2 saturated heterocycles. The van der Waals surface area contributed by atoms with E-state index in [0.717, 1.165) is 29.5 Å². The van der Waals surface area contributed by atoms with Gasteiger partial charge in [0.2, 0.25) is 11.8 Å². The van der Waals surface area contributed by atoms with Crippen molar-refractivity contribution in [3.63, 3.8) is 0 Å². The van der Waals surface area contributed by atoms with Crippen LogP contribution in [-0.4, -0.2) is 58.8 Å². The number of carbonyl (C=O) groups excluding carboxylic acids is 4. The van der Waals surface area contributed by atoms with Crippen LogP contribution in [0.5, 0.6) is 0 Å². The summed E-state index contributed by atoms with van der Waals surface area (Å²) in [5, 5.41) is 5.90. The smallest absolute Gasteiger partial charge is 0.410 e. The molecule has 2 aromatic rings. The molecule has 9 heteroatoms. The number of nitrogens with zero attached hydrogens (tertiary/aromatic N) is 2. The molecule has 36 heavy (non-hydrogen) atoms. The van der Waals surface area contributed by atoms with E-state index in [4.69, 9.17) is 4.74 Å². The van der Waals surface area contributed by atoms with Gasteiger partial charge in [-0.25, -0.2) is 4.79 Å². The highest BCUT2D eigenvalue weighted by molar-refractivity contribution is 6.05. The maximum Gasteiger partial charge on any atom is 0.410 e. The lowest BCUT2D eigenvalue weighted by Crippen LogP contribution is -2.52. The number of carbonyl (C=O) groups is 4. The molecule has 4 amide bonds. The number of imide groups is 1. The summed E-state index contributed by atoms with van der Waals surface area (Å²) >= 11 is 0. The highest BCUT2D eigenvalue weighted by Gasteiger charge is 2.39. The summed E-state index contributed by atoms with van der Waals surface area (Å²) < 4.78 is 5.44. The van der Waals surface area contributed by atoms with Gasteiger partial charge in [-0.2, -0.15) is 0 Å². The van der Waals surface area contributed by atoms with Gasteiger partial charge < -0.3 is 19.9 Å². The Balaban J connectivity index is 1.09. The molecule has 0 spiro atoms. The number of piperidine rings is 2. The van der Waals surface area contributed by atoms with E-state index in [0.29, 0.717) is 38.2 Å². The van der Waals surface area contributed by atoms with Gasteiger partial charge >= 0.3 is 6.09 Å². The maximum atomic E-state index is 12.9. The zero-order valence-electron chi connectivity index (χ0n) is 20.1. The highest BCUT2D eigenvalue weighted by atomic mass is 16.6. The number of rotatable bonds is 6. The normalized spacial score (nSPS) is 20.3. The molecular formula is C27H30N4O5. The Hall–Kier alpha value is -3.72. The molecular weight excluding hydrogens is 460 g/mol. The summed E-state index contributed by atoms with van der Waals surface area (Å²) in [5.74, 6) is -0.848. The van der Waals surface area contributed by atoms with E-state index in [1.165, 1.54) is 0 Å². The first-order valence-corrected chi connectivity index (χ1v) is 12.4. The van der Waals surface area contributed by atoms with E-state index in [1.54, 1.807) is 9.80 Å². The third-order valence-electron chi connectivity index (χ3n) is 7.14. The van der Waals surface area contributed by atoms with Crippen molar-refractivity contribution < 1.29 is 23.9 Å². The van der Waals surface area contributed by atoms with Crippen LogP contribution in [-0.2, 0) is 34.0 Å². The Labute approximate surface area is 209 Å². The summed E-state index contributed by atoms with van der Waals surface area (Å²) in [6.07, 6.45) is 2.01. The fourth-order valence-electron chi connectivity index (χ4n) is 5.08. The summed E-state index contributed by atoms with van der Waals surface area (Å²) in [4.78, 5) is 52.2. The number of benzene rings is 2. The van der Waals surface area contributed by atoms with Gasteiger partial charge in [-0.15, -0.1) is 0 Å². The molecule has 1 atom stereocenters. The standard InChI is InChI=1S/C27H30N4O5/c32-24-9-8-23(25(33)29-24)31-16-20-14-19(6-7-22(20)26(31)34)15-28-21-10-12-30(13-11-21)27(35)36-17-18-4-2-1-3-5-18/h1-7,14,21,23,28H,8-13,15-17H2,(H,29,32,33). The lowest BCUT2D eigenvalue weighted by molar-refractivity contribution is -0.136.